The Morgan fingerprint density at radius 3 is 1.26 bits per heavy atom. The summed E-state index contributed by atoms with van der Waals surface area (Å²) in [4.78, 5) is 13.3. The molecule has 4 unspecified atom stereocenters. The van der Waals surface area contributed by atoms with Crippen LogP contribution in [0.4, 0.5) is 0 Å². The summed E-state index contributed by atoms with van der Waals surface area (Å²) in [5.41, 5.74) is 0. The molecule has 0 radical (unpaired) electrons. The molecule has 0 spiro atoms. The van der Waals surface area contributed by atoms with Crippen LogP contribution in [0.1, 0.15) is 264 Å². The molecule has 2 fully saturated rings. The van der Waals surface area contributed by atoms with Crippen LogP contribution < -0.4 is 5.32 Å². The first-order valence-corrected chi connectivity index (χ1v) is 30.4. The number of aliphatic hydroxyl groups excluding tert-OH is 8. The number of carbonyl (C=O) groups excluding carboxylic acids is 1. The topological polar surface area (TPSA) is 228 Å². The van der Waals surface area contributed by atoms with Crippen molar-refractivity contribution < 1.29 is 64.6 Å². The van der Waals surface area contributed by atoms with Crippen molar-refractivity contribution in [2.45, 2.75) is 338 Å². The van der Waals surface area contributed by atoms with E-state index in [0.29, 0.717) is 6.42 Å². The zero-order chi connectivity index (χ0) is 53.2. The zero-order valence-electron chi connectivity index (χ0n) is 46.4. The second kappa shape index (κ2) is 45.7. The van der Waals surface area contributed by atoms with Gasteiger partial charge in [-0.2, -0.15) is 0 Å². The van der Waals surface area contributed by atoms with E-state index in [0.717, 1.165) is 38.5 Å². The van der Waals surface area contributed by atoms with Gasteiger partial charge in [0.25, 0.3) is 0 Å². The summed E-state index contributed by atoms with van der Waals surface area (Å²) in [6.45, 7) is 2.83. The van der Waals surface area contributed by atoms with E-state index in [4.69, 9.17) is 18.9 Å². The third-order valence-corrected chi connectivity index (χ3v) is 15.2. The van der Waals surface area contributed by atoms with Crippen LogP contribution in [-0.4, -0.2) is 140 Å². The fourth-order valence-electron chi connectivity index (χ4n) is 10.3. The molecule has 73 heavy (non-hydrogen) atoms. The highest BCUT2D eigenvalue weighted by Gasteiger charge is 2.51. The number of nitrogens with one attached hydrogen (secondary N) is 1. The monoisotopic (exact) mass is 1040 g/mol. The van der Waals surface area contributed by atoms with Gasteiger partial charge in [-0.1, -0.05) is 251 Å². The summed E-state index contributed by atoms with van der Waals surface area (Å²) >= 11 is 0. The molecular weight excluding hydrogens is 931 g/mol. The number of unbranched alkanes of at least 4 members (excludes halogenated alkanes) is 36. The fourth-order valence-corrected chi connectivity index (χ4v) is 10.3. The maximum absolute atomic E-state index is 13.3. The first-order valence-electron chi connectivity index (χ1n) is 30.4. The van der Waals surface area contributed by atoms with Crippen molar-refractivity contribution in [1.29, 1.82) is 0 Å². The molecule has 2 heterocycles. The Labute approximate surface area is 444 Å². The van der Waals surface area contributed by atoms with E-state index < -0.39 is 86.8 Å². The van der Waals surface area contributed by atoms with Crippen molar-refractivity contribution >= 4 is 5.91 Å². The van der Waals surface area contributed by atoms with Crippen LogP contribution in [0.3, 0.4) is 0 Å². The summed E-state index contributed by atoms with van der Waals surface area (Å²) in [5.74, 6) is -0.234. The van der Waals surface area contributed by atoms with Crippen molar-refractivity contribution in [2.24, 2.45) is 0 Å². The summed E-state index contributed by atoms with van der Waals surface area (Å²) in [6, 6.07) is -0.909. The standard InChI is InChI=1S/C59H113NO13/c1-3-5-7-9-11-13-15-17-19-20-21-22-23-24-25-26-27-29-31-33-35-37-39-41-43-51(64)60-47(48(63)42-40-38-36-34-32-30-28-18-16-14-12-10-8-6-4-2)46-70-58-56(69)54(67)57(50(45-62)72-58)73-59-55(68)53(66)52(65)49(44-61)71-59/h40,42,47-50,52-59,61-63,65-69H,3-39,41,43-46H2,1-2H3,(H,60,64)/b42-40+/t47-,48+,49+,50+,52-,53?,54?,55?,56?,57+,58+,59-/m0/s1. The van der Waals surface area contributed by atoms with Gasteiger partial charge in [0.1, 0.15) is 48.8 Å². The van der Waals surface area contributed by atoms with Gasteiger partial charge in [0.2, 0.25) is 5.91 Å². The van der Waals surface area contributed by atoms with Gasteiger partial charge in [-0.15, -0.1) is 0 Å². The third kappa shape index (κ3) is 31.7. The molecule has 0 aliphatic carbocycles. The van der Waals surface area contributed by atoms with E-state index in [9.17, 15) is 45.6 Å². The van der Waals surface area contributed by atoms with E-state index in [1.165, 1.54) is 199 Å². The molecule has 9 N–H and O–H groups in total. The number of carbonyl (C=O) groups is 1. The number of amides is 1. The van der Waals surface area contributed by atoms with Gasteiger partial charge in [0.05, 0.1) is 32.0 Å². The second-order valence-electron chi connectivity index (χ2n) is 21.8. The number of aliphatic hydroxyl groups is 8. The molecule has 432 valence electrons. The molecule has 14 heteroatoms. The lowest BCUT2D eigenvalue weighted by molar-refractivity contribution is -0.359. The number of hydrogen-bond acceptors (Lipinski definition) is 13. The Hall–Kier alpha value is -1.27. The van der Waals surface area contributed by atoms with Gasteiger partial charge in [0, 0.05) is 6.42 Å². The molecule has 1 amide bonds. The summed E-state index contributed by atoms with van der Waals surface area (Å²) in [7, 11) is 0. The fraction of sp³-hybridized carbons (Fsp3) is 0.949. The minimum atomic E-state index is -1.79. The summed E-state index contributed by atoms with van der Waals surface area (Å²) < 4.78 is 22.8. The molecule has 12 atom stereocenters. The van der Waals surface area contributed by atoms with Gasteiger partial charge < -0.3 is 65.1 Å². The highest BCUT2D eigenvalue weighted by Crippen LogP contribution is 2.30. The maximum atomic E-state index is 13.3. The van der Waals surface area contributed by atoms with E-state index in [2.05, 4.69) is 19.2 Å². The molecular formula is C59H113NO13. The number of allylic oxidation sites excluding steroid dienone is 1. The van der Waals surface area contributed by atoms with Gasteiger partial charge in [0.15, 0.2) is 12.6 Å². The summed E-state index contributed by atoms with van der Waals surface area (Å²) in [6.07, 6.45) is 35.4. The van der Waals surface area contributed by atoms with Crippen LogP contribution >= 0.6 is 0 Å². The van der Waals surface area contributed by atoms with Gasteiger partial charge >= 0.3 is 0 Å². The molecule has 0 aromatic carbocycles. The van der Waals surface area contributed by atoms with Crippen molar-refractivity contribution in [3.05, 3.63) is 12.2 Å². The lowest BCUT2D eigenvalue weighted by Gasteiger charge is -2.46. The Bertz CT molecular complexity index is 1280. The van der Waals surface area contributed by atoms with Gasteiger partial charge in [-0.25, -0.2) is 0 Å². The van der Waals surface area contributed by atoms with Crippen LogP contribution in [-0.2, 0) is 23.7 Å². The number of rotatable bonds is 49. The zero-order valence-corrected chi connectivity index (χ0v) is 46.4. The molecule has 2 aliphatic rings. The highest BCUT2D eigenvalue weighted by atomic mass is 16.7. The molecule has 0 aromatic heterocycles. The summed E-state index contributed by atoms with van der Waals surface area (Å²) in [5, 5.41) is 87.1. The minimum Gasteiger partial charge on any atom is -0.394 e. The Kier molecular flexibility index (Phi) is 42.5. The van der Waals surface area contributed by atoms with Crippen molar-refractivity contribution in [3.63, 3.8) is 0 Å². The average molecular weight is 1040 g/mol. The van der Waals surface area contributed by atoms with E-state index in [1.54, 1.807) is 6.08 Å². The van der Waals surface area contributed by atoms with Crippen LogP contribution in [0.15, 0.2) is 12.2 Å². The number of hydrogen-bond donors (Lipinski definition) is 9. The van der Waals surface area contributed by atoms with Crippen LogP contribution in [0, 0.1) is 0 Å². The molecule has 0 bridgehead atoms. The molecule has 2 aliphatic heterocycles. The normalized spacial score (nSPS) is 25.4. The predicted molar refractivity (Wildman–Crippen MR) is 291 cm³/mol. The lowest BCUT2D eigenvalue weighted by Crippen LogP contribution is -2.65. The van der Waals surface area contributed by atoms with E-state index in [-0.39, 0.29) is 18.9 Å². The van der Waals surface area contributed by atoms with Crippen LogP contribution in [0.25, 0.3) is 0 Å². The van der Waals surface area contributed by atoms with E-state index in [1.807, 2.05) is 6.08 Å². The predicted octanol–water partition coefficient (Wildman–Crippen LogP) is 10.3. The minimum absolute atomic E-state index is 0.234. The lowest BCUT2D eigenvalue weighted by atomic mass is 9.97. The van der Waals surface area contributed by atoms with Crippen molar-refractivity contribution in [3.8, 4) is 0 Å². The van der Waals surface area contributed by atoms with Gasteiger partial charge in [-0.3, -0.25) is 4.79 Å². The molecule has 0 aromatic rings. The largest absolute Gasteiger partial charge is 0.394 e. The molecule has 2 rings (SSSR count). The van der Waals surface area contributed by atoms with E-state index >= 15 is 0 Å². The Balaban J connectivity index is 1.73. The smallest absolute Gasteiger partial charge is 0.220 e. The Morgan fingerprint density at radius 1 is 0.479 bits per heavy atom. The molecule has 2 saturated heterocycles. The highest BCUT2D eigenvalue weighted by molar-refractivity contribution is 5.76. The Morgan fingerprint density at radius 2 is 0.849 bits per heavy atom. The second-order valence-corrected chi connectivity index (χ2v) is 21.8. The average Bonchev–Trinajstić information content (AvgIpc) is 3.39. The first kappa shape index (κ1) is 67.8. The van der Waals surface area contributed by atoms with Crippen LogP contribution in [0.5, 0.6) is 0 Å². The van der Waals surface area contributed by atoms with Crippen molar-refractivity contribution in [2.75, 3.05) is 19.8 Å². The first-order chi connectivity index (χ1) is 35.6. The molecule has 14 nitrogen and oxygen atoms in total. The molecule has 0 saturated carbocycles. The van der Waals surface area contributed by atoms with Crippen molar-refractivity contribution in [1.82, 2.24) is 5.32 Å². The van der Waals surface area contributed by atoms with Gasteiger partial charge in [-0.05, 0) is 19.3 Å². The SMILES string of the molecule is CCCCCCCCCCCCCCC/C=C/[C@@H](O)[C@H](CO[C@@H]1O[C@H](CO)[C@@H](O[C@@H]2O[C@H](CO)[C@H](O)C(O)C2O)C(O)C1O)NC(=O)CCCCCCCCCCCCCCCCCCCCCCCCCC. The quantitative estimate of drug-likeness (QED) is 0.0204. The van der Waals surface area contributed by atoms with Crippen LogP contribution in [0.2, 0.25) is 0 Å². The maximum Gasteiger partial charge on any atom is 0.220 e. The third-order valence-electron chi connectivity index (χ3n) is 15.2. The number of ether oxygens (including phenoxy) is 4.